The molecule has 19 heavy (non-hydrogen) atoms. The van der Waals surface area contributed by atoms with Crippen LogP contribution in [-0.2, 0) is 9.84 Å². The van der Waals surface area contributed by atoms with Crippen molar-refractivity contribution in [3.63, 3.8) is 0 Å². The van der Waals surface area contributed by atoms with Crippen molar-refractivity contribution >= 4 is 9.84 Å². The molecule has 1 N–H and O–H groups in total. The molecule has 0 aromatic rings. The Hall–Kier alpha value is -0.0900. The van der Waals surface area contributed by atoms with E-state index in [1.54, 1.807) is 0 Å². The topological polar surface area (TPSA) is 46.2 Å². The van der Waals surface area contributed by atoms with Crippen molar-refractivity contribution in [2.45, 2.75) is 52.5 Å². The van der Waals surface area contributed by atoms with Crippen LogP contribution in [0.3, 0.4) is 0 Å². The lowest BCUT2D eigenvalue weighted by Crippen LogP contribution is -2.51. The van der Waals surface area contributed by atoms with Crippen molar-refractivity contribution < 1.29 is 8.42 Å². The summed E-state index contributed by atoms with van der Waals surface area (Å²) in [5, 5.41) is 3.76. The maximum atomic E-state index is 11.5. The van der Waals surface area contributed by atoms with Crippen LogP contribution in [0.25, 0.3) is 0 Å². The molecule has 0 amide bonds. The first kappa shape index (κ1) is 13.9. The van der Waals surface area contributed by atoms with Gasteiger partial charge in [-0.25, -0.2) is 8.42 Å². The van der Waals surface area contributed by atoms with Gasteiger partial charge in [0, 0.05) is 6.04 Å². The smallest absolute Gasteiger partial charge is 0.150 e. The molecule has 0 spiro atoms. The highest BCUT2D eigenvalue weighted by atomic mass is 32.2. The largest absolute Gasteiger partial charge is 0.313 e. The zero-order valence-electron chi connectivity index (χ0n) is 12.4. The van der Waals surface area contributed by atoms with Gasteiger partial charge in [-0.1, -0.05) is 20.8 Å². The zero-order chi connectivity index (χ0) is 13.9. The van der Waals surface area contributed by atoms with Gasteiger partial charge in [0.25, 0.3) is 0 Å². The van der Waals surface area contributed by atoms with Crippen LogP contribution in [0.5, 0.6) is 0 Å². The second-order valence-electron chi connectivity index (χ2n) is 8.03. The van der Waals surface area contributed by atoms with E-state index in [1.165, 1.54) is 19.3 Å². The van der Waals surface area contributed by atoms with Gasteiger partial charge in [-0.15, -0.1) is 0 Å². The van der Waals surface area contributed by atoms with Crippen LogP contribution < -0.4 is 5.32 Å². The van der Waals surface area contributed by atoms with Gasteiger partial charge >= 0.3 is 0 Å². The Labute approximate surface area is 117 Å². The van der Waals surface area contributed by atoms with Gasteiger partial charge in [-0.3, -0.25) is 0 Å². The molecule has 1 saturated heterocycles. The van der Waals surface area contributed by atoms with E-state index in [0.29, 0.717) is 34.3 Å². The minimum Gasteiger partial charge on any atom is -0.313 e. The number of hydrogen-bond acceptors (Lipinski definition) is 3. The van der Waals surface area contributed by atoms with Crippen LogP contribution in [0.1, 0.15) is 46.5 Å². The summed E-state index contributed by atoms with van der Waals surface area (Å²) in [4.78, 5) is 0. The van der Waals surface area contributed by atoms with E-state index >= 15 is 0 Å². The number of rotatable bonds is 3. The van der Waals surface area contributed by atoms with Crippen molar-refractivity contribution in [3.8, 4) is 0 Å². The standard InChI is InChI=1S/C15H27NO2S/c1-14(2)12-4-6-15(3,8-12)13(14)16-9-11-5-7-19(17,18)10-11/h11-13,16H,4-10H2,1-3H3. The molecule has 1 heterocycles. The normalized spacial score (nSPS) is 46.8. The van der Waals surface area contributed by atoms with Crippen molar-refractivity contribution in [2.24, 2.45) is 22.7 Å². The Morgan fingerprint density at radius 2 is 1.95 bits per heavy atom. The van der Waals surface area contributed by atoms with Crippen molar-refractivity contribution in [3.05, 3.63) is 0 Å². The lowest BCUT2D eigenvalue weighted by atomic mass is 9.68. The average Bonchev–Trinajstić information content (AvgIpc) is 2.87. The molecule has 0 aromatic carbocycles. The molecule has 4 atom stereocenters. The van der Waals surface area contributed by atoms with E-state index in [-0.39, 0.29) is 0 Å². The van der Waals surface area contributed by atoms with Crippen LogP contribution >= 0.6 is 0 Å². The monoisotopic (exact) mass is 285 g/mol. The average molecular weight is 285 g/mol. The minimum atomic E-state index is -2.74. The fraction of sp³-hybridized carbons (Fsp3) is 1.00. The van der Waals surface area contributed by atoms with Crippen LogP contribution in [-0.4, -0.2) is 32.5 Å². The zero-order valence-corrected chi connectivity index (χ0v) is 13.2. The highest BCUT2D eigenvalue weighted by molar-refractivity contribution is 7.91. The van der Waals surface area contributed by atoms with E-state index in [0.717, 1.165) is 18.9 Å². The molecule has 110 valence electrons. The third kappa shape index (κ3) is 2.25. The molecule has 0 radical (unpaired) electrons. The predicted octanol–water partition coefficient (Wildman–Crippen LogP) is 2.23. The van der Waals surface area contributed by atoms with Gasteiger partial charge in [-0.05, 0) is 54.9 Å². The summed E-state index contributed by atoms with van der Waals surface area (Å²) < 4.78 is 23.1. The number of fused-ring (bicyclic) bond motifs is 2. The second kappa shape index (κ2) is 4.20. The highest BCUT2D eigenvalue weighted by Gasteiger charge is 2.59. The molecule has 4 heteroatoms. The SMILES string of the molecule is CC12CCC(C1)C(C)(C)C2NCC1CCS(=O)(=O)C1. The third-order valence-electron chi connectivity index (χ3n) is 6.21. The lowest BCUT2D eigenvalue weighted by molar-refractivity contribution is 0.106. The first-order chi connectivity index (χ1) is 8.73. The fourth-order valence-electron chi connectivity index (χ4n) is 5.13. The van der Waals surface area contributed by atoms with Gasteiger partial charge < -0.3 is 5.32 Å². The van der Waals surface area contributed by atoms with Gasteiger partial charge in [0.15, 0.2) is 9.84 Å². The van der Waals surface area contributed by atoms with Crippen LogP contribution in [0.15, 0.2) is 0 Å². The van der Waals surface area contributed by atoms with Crippen molar-refractivity contribution in [1.29, 1.82) is 0 Å². The summed E-state index contributed by atoms with van der Waals surface area (Å²) in [5.74, 6) is 1.98. The van der Waals surface area contributed by atoms with Crippen molar-refractivity contribution in [2.75, 3.05) is 18.1 Å². The summed E-state index contributed by atoms with van der Waals surface area (Å²) in [7, 11) is -2.74. The number of sulfone groups is 1. The Bertz CT molecular complexity index is 466. The fourth-order valence-corrected chi connectivity index (χ4v) is 6.99. The highest BCUT2D eigenvalue weighted by Crippen LogP contribution is 2.62. The number of nitrogens with one attached hydrogen (secondary N) is 1. The Balaban J connectivity index is 1.64. The van der Waals surface area contributed by atoms with E-state index in [1.807, 2.05) is 0 Å². The molecule has 3 aliphatic rings. The molecule has 2 aliphatic carbocycles. The summed E-state index contributed by atoms with van der Waals surface area (Å²) in [6.07, 6.45) is 4.91. The summed E-state index contributed by atoms with van der Waals surface area (Å²) in [6, 6.07) is 0.557. The molecule has 0 aromatic heterocycles. The second-order valence-corrected chi connectivity index (χ2v) is 10.3. The van der Waals surface area contributed by atoms with Crippen LogP contribution in [0.2, 0.25) is 0 Å². The van der Waals surface area contributed by atoms with Gasteiger partial charge in [0.05, 0.1) is 11.5 Å². The maximum Gasteiger partial charge on any atom is 0.150 e. The molecule has 1 aliphatic heterocycles. The maximum absolute atomic E-state index is 11.5. The molecular formula is C15H27NO2S. The first-order valence-electron chi connectivity index (χ1n) is 7.67. The summed E-state index contributed by atoms with van der Waals surface area (Å²) in [6.45, 7) is 8.09. The molecular weight excluding hydrogens is 258 g/mol. The molecule has 2 saturated carbocycles. The van der Waals surface area contributed by atoms with Gasteiger partial charge in [0.2, 0.25) is 0 Å². The molecule has 3 nitrogen and oxygen atoms in total. The molecule has 2 bridgehead atoms. The van der Waals surface area contributed by atoms with E-state index < -0.39 is 9.84 Å². The first-order valence-corrected chi connectivity index (χ1v) is 9.49. The number of hydrogen-bond donors (Lipinski definition) is 1. The minimum absolute atomic E-state index is 0.337. The van der Waals surface area contributed by atoms with Crippen molar-refractivity contribution in [1.82, 2.24) is 5.32 Å². The molecule has 3 fully saturated rings. The van der Waals surface area contributed by atoms with Crippen LogP contribution in [0.4, 0.5) is 0 Å². The Kier molecular flexibility index (Phi) is 3.07. The van der Waals surface area contributed by atoms with Gasteiger partial charge in [0.1, 0.15) is 0 Å². The van der Waals surface area contributed by atoms with Gasteiger partial charge in [-0.2, -0.15) is 0 Å². The predicted molar refractivity (Wildman–Crippen MR) is 77.8 cm³/mol. The molecule has 3 rings (SSSR count). The Morgan fingerprint density at radius 3 is 2.47 bits per heavy atom. The molecule has 4 unspecified atom stereocenters. The summed E-state index contributed by atoms with van der Waals surface area (Å²) in [5.41, 5.74) is 0.802. The van der Waals surface area contributed by atoms with E-state index in [9.17, 15) is 8.42 Å². The van der Waals surface area contributed by atoms with Crippen LogP contribution in [0, 0.1) is 22.7 Å². The quantitative estimate of drug-likeness (QED) is 0.865. The third-order valence-corrected chi connectivity index (χ3v) is 8.04. The van der Waals surface area contributed by atoms with E-state index in [2.05, 4.69) is 26.1 Å². The van der Waals surface area contributed by atoms with E-state index in [4.69, 9.17) is 0 Å². The Morgan fingerprint density at radius 1 is 1.21 bits per heavy atom. The summed E-state index contributed by atoms with van der Waals surface area (Å²) >= 11 is 0. The lowest BCUT2D eigenvalue weighted by Gasteiger charge is -2.43.